The highest BCUT2D eigenvalue weighted by molar-refractivity contribution is 7.89. The maximum absolute atomic E-state index is 13.3. The van der Waals surface area contributed by atoms with Gasteiger partial charge in [-0.3, -0.25) is 0 Å². The predicted octanol–water partition coefficient (Wildman–Crippen LogP) is 4.58. The Morgan fingerprint density at radius 1 is 0.917 bits per heavy atom. The minimum atomic E-state index is -3.63. The summed E-state index contributed by atoms with van der Waals surface area (Å²) in [5.74, 6) is 0.552. The van der Waals surface area contributed by atoms with Gasteiger partial charge < -0.3 is 20.1 Å². The molecule has 0 amide bonds. The van der Waals surface area contributed by atoms with Gasteiger partial charge in [-0.15, -0.1) is 0 Å². The molecule has 190 valence electrons. The molecule has 10 heteroatoms. The van der Waals surface area contributed by atoms with E-state index in [1.54, 1.807) is 43.6 Å². The second-order valence-corrected chi connectivity index (χ2v) is 11.3. The van der Waals surface area contributed by atoms with Crippen LogP contribution in [-0.4, -0.2) is 54.8 Å². The highest BCUT2D eigenvalue weighted by Crippen LogP contribution is 2.38. The monoisotopic (exact) mass is 509 g/mol. The Bertz CT molecular complexity index is 1280. The van der Waals surface area contributed by atoms with Crippen LogP contribution in [0, 0.1) is 6.92 Å². The van der Waals surface area contributed by atoms with Crippen molar-refractivity contribution in [1.82, 2.24) is 14.3 Å². The standard InChI is InChI=1S/C26H31N5O4S/c1-19-3-5-20(6-4-19)28-24-13-16-27-25(30-24)29-21-7-9-23(10-8-21)36(32,33)31(2)22-11-14-26(15-12-22)34-17-18-35-26/h3-10,13,16,22H,11-12,14-15,17-18H2,1-2H3,(H2,27,28,29,30). The number of anilines is 4. The van der Waals surface area contributed by atoms with E-state index in [1.807, 2.05) is 31.2 Å². The zero-order chi connectivity index (χ0) is 25.2. The molecule has 2 aliphatic rings. The van der Waals surface area contributed by atoms with Crippen molar-refractivity contribution in [3.05, 3.63) is 66.4 Å². The Morgan fingerprint density at radius 3 is 2.19 bits per heavy atom. The van der Waals surface area contributed by atoms with Gasteiger partial charge in [-0.25, -0.2) is 13.4 Å². The molecule has 36 heavy (non-hydrogen) atoms. The number of ether oxygens (including phenoxy) is 2. The summed E-state index contributed by atoms with van der Waals surface area (Å²) >= 11 is 0. The molecular weight excluding hydrogens is 478 g/mol. The van der Waals surface area contributed by atoms with E-state index >= 15 is 0 Å². The van der Waals surface area contributed by atoms with Gasteiger partial charge >= 0.3 is 0 Å². The van der Waals surface area contributed by atoms with Gasteiger partial charge in [0.2, 0.25) is 16.0 Å². The van der Waals surface area contributed by atoms with E-state index in [0.717, 1.165) is 5.69 Å². The zero-order valence-electron chi connectivity index (χ0n) is 20.5. The molecule has 2 aromatic carbocycles. The first-order chi connectivity index (χ1) is 17.3. The number of sulfonamides is 1. The average Bonchev–Trinajstić information content (AvgIpc) is 3.34. The van der Waals surface area contributed by atoms with Crippen molar-refractivity contribution in [3.8, 4) is 0 Å². The van der Waals surface area contributed by atoms with E-state index in [9.17, 15) is 8.42 Å². The van der Waals surface area contributed by atoms with Crippen molar-refractivity contribution in [3.63, 3.8) is 0 Å². The van der Waals surface area contributed by atoms with E-state index in [4.69, 9.17) is 9.47 Å². The van der Waals surface area contributed by atoms with Crippen LogP contribution >= 0.6 is 0 Å². The lowest BCUT2D eigenvalue weighted by molar-refractivity contribution is -0.181. The molecule has 5 rings (SSSR count). The predicted molar refractivity (Wildman–Crippen MR) is 138 cm³/mol. The number of benzene rings is 2. The van der Waals surface area contributed by atoms with Crippen molar-refractivity contribution in [1.29, 1.82) is 0 Å². The van der Waals surface area contributed by atoms with E-state index in [-0.39, 0.29) is 10.9 Å². The lowest BCUT2D eigenvalue weighted by Crippen LogP contribution is -2.44. The fourth-order valence-corrected chi connectivity index (χ4v) is 6.08. The summed E-state index contributed by atoms with van der Waals surface area (Å²) in [7, 11) is -1.97. The summed E-state index contributed by atoms with van der Waals surface area (Å²) in [6, 6.07) is 16.4. The molecule has 0 bridgehead atoms. The van der Waals surface area contributed by atoms with Gasteiger partial charge in [0.1, 0.15) is 5.82 Å². The smallest absolute Gasteiger partial charge is 0.243 e. The SMILES string of the molecule is Cc1ccc(Nc2ccnc(Nc3ccc(S(=O)(=O)N(C)C4CCC5(CC4)OCCO5)cc3)n2)cc1. The van der Waals surface area contributed by atoms with Gasteiger partial charge in [0.25, 0.3) is 0 Å². The normalized spacial score (nSPS) is 18.0. The lowest BCUT2D eigenvalue weighted by Gasteiger charge is -2.38. The number of aromatic nitrogens is 2. The Morgan fingerprint density at radius 2 is 1.53 bits per heavy atom. The average molecular weight is 510 g/mol. The summed E-state index contributed by atoms with van der Waals surface area (Å²) < 4.78 is 39.6. The Balaban J connectivity index is 1.22. The Labute approximate surface area is 211 Å². The van der Waals surface area contributed by atoms with Gasteiger partial charge in [-0.2, -0.15) is 9.29 Å². The third kappa shape index (κ3) is 5.36. The van der Waals surface area contributed by atoms with Crippen LogP contribution in [0.25, 0.3) is 0 Å². The second-order valence-electron chi connectivity index (χ2n) is 9.27. The Kier molecular flexibility index (Phi) is 6.94. The van der Waals surface area contributed by atoms with Gasteiger partial charge in [0, 0.05) is 43.5 Å². The molecule has 3 aromatic rings. The van der Waals surface area contributed by atoms with E-state index in [1.165, 1.54) is 9.87 Å². The van der Waals surface area contributed by atoms with Crippen molar-refractivity contribution in [2.24, 2.45) is 0 Å². The first-order valence-corrected chi connectivity index (χ1v) is 13.6. The molecule has 1 spiro atoms. The van der Waals surface area contributed by atoms with Crippen LogP contribution in [0.15, 0.2) is 65.7 Å². The fraction of sp³-hybridized carbons (Fsp3) is 0.385. The fourth-order valence-electron chi connectivity index (χ4n) is 4.67. The van der Waals surface area contributed by atoms with E-state index in [0.29, 0.717) is 56.4 Å². The van der Waals surface area contributed by atoms with Gasteiger partial charge in [-0.05, 0) is 62.2 Å². The van der Waals surface area contributed by atoms with Crippen molar-refractivity contribution < 1.29 is 17.9 Å². The molecule has 1 saturated heterocycles. The summed E-state index contributed by atoms with van der Waals surface area (Å²) in [5.41, 5.74) is 2.81. The molecule has 2 fully saturated rings. The first kappa shape index (κ1) is 24.6. The number of nitrogens with one attached hydrogen (secondary N) is 2. The Hall–Kier alpha value is -3.05. The highest BCUT2D eigenvalue weighted by atomic mass is 32.2. The number of hydrogen-bond donors (Lipinski definition) is 2. The van der Waals surface area contributed by atoms with Gasteiger partial charge in [0.15, 0.2) is 5.79 Å². The van der Waals surface area contributed by atoms with Gasteiger partial charge in [0.05, 0.1) is 18.1 Å². The second kappa shape index (κ2) is 10.1. The summed E-state index contributed by atoms with van der Waals surface area (Å²) in [6.07, 6.45) is 4.49. The van der Waals surface area contributed by atoms with Crippen LogP contribution in [0.1, 0.15) is 31.2 Å². The summed E-state index contributed by atoms with van der Waals surface area (Å²) in [5, 5.41) is 6.39. The van der Waals surface area contributed by atoms with E-state index in [2.05, 4.69) is 20.6 Å². The maximum atomic E-state index is 13.3. The maximum Gasteiger partial charge on any atom is 0.243 e. The third-order valence-corrected chi connectivity index (χ3v) is 8.74. The molecule has 2 N–H and O–H groups in total. The zero-order valence-corrected chi connectivity index (χ0v) is 21.3. The van der Waals surface area contributed by atoms with Crippen LogP contribution in [0.4, 0.5) is 23.1 Å². The minimum Gasteiger partial charge on any atom is -0.348 e. The first-order valence-electron chi connectivity index (χ1n) is 12.1. The molecule has 2 heterocycles. The molecule has 9 nitrogen and oxygen atoms in total. The number of hydrogen-bond acceptors (Lipinski definition) is 8. The largest absolute Gasteiger partial charge is 0.348 e. The number of nitrogens with zero attached hydrogens (tertiary/aromatic N) is 3. The van der Waals surface area contributed by atoms with Crippen LogP contribution in [0.5, 0.6) is 0 Å². The number of rotatable bonds is 7. The molecule has 1 saturated carbocycles. The third-order valence-electron chi connectivity index (χ3n) is 6.81. The van der Waals surface area contributed by atoms with Crippen LogP contribution in [-0.2, 0) is 19.5 Å². The van der Waals surface area contributed by atoms with Crippen molar-refractivity contribution in [2.75, 3.05) is 30.9 Å². The van der Waals surface area contributed by atoms with Crippen molar-refractivity contribution in [2.45, 2.75) is 49.3 Å². The molecule has 0 atom stereocenters. The van der Waals surface area contributed by atoms with Crippen LogP contribution < -0.4 is 10.6 Å². The molecule has 1 aliphatic carbocycles. The summed E-state index contributed by atoms with van der Waals surface area (Å²) in [4.78, 5) is 9.02. The topological polar surface area (TPSA) is 106 Å². The molecular formula is C26H31N5O4S. The number of aryl methyl sites for hydroxylation is 1. The quantitative estimate of drug-likeness (QED) is 0.477. The molecule has 0 unspecified atom stereocenters. The highest BCUT2D eigenvalue weighted by Gasteiger charge is 2.42. The van der Waals surface area contributed by atoms with Gasteiger partial charge in [-0.1, -0.05) is 17.7 Å². The molecule has 1 aromatic heterocycles. The van der Waals surface area contributed by atoms with E-state index < -0.39 is 15.8 Å². The summed E-state index contributed by atoms with van der Waals surface area (Å²) in [6.45, 7) is 3.26. The molecule has 0 radical (unpaired) electrons. The lowest BCUT2D eigenvalue weighted by atomic mass is 9.90. The van der Waals surface area contributed by atoms with Crippen molar-refractivity contribution >= 4 is 33.2 Å². The minimum absolute atomic E-state index is 0.0802. The molecule has 1 aliphatic heterocycles. The van der Waals surface area contributed by atoms with Crippen LogP contribution in [0.2, 0.25) is 0 Å². The van der Waals surface area contributed by atoms with Crippen LogP contribution in [0.3, 0.4) is 0 Å².